The Bertz CT molecular complexity index is 157. The third kappa shape index (κ3) is 1.74. The van der Waals surface area contributed by atoms with E-state index in [2.05, 4.69) is 19.9 Å². The summed E-state index contributed by atoms with van der Waals surface area (Å²) in [6.45, 7) is 4.47. The molecule has 1 aliphatic rings. The van der Waals surface area contributed by atoms with Crippen LogP contribution in [0.3, 0.4) is 0 Å². The summed E-state index contributed by atoms with van der Waals surface area (Å²) < 4.78 is 0. The smallest absolute Gasteiger partial charge is 0.0658 e. The van der Waals surface area contributed by atoms with Gasteiger partial charge in [-0.1, -0.05) is 33.1 Å². The van der Waals surface area contributed by atoms with Gasteiger partial charge in [0.05, 0.1) is 6.07 Å². The fourth-order valence-electron chi connectivity index (χ4n) is 2.21. The summed E-state index contributed by atoms with van der Waals surface area (Å²) in [6.07, 6.45) is 4.99. The zero-order valence-electron chi connectivity index (χ0n) is 7.51. The first kappa shape index (κ1) is 8.59. The zero-order chi connectivity index (χ0) is 8.27. The van der Waals surface area contributed by atoms with Gasteiger partial charge in [0, 0.05) is 5.92 Å². The first-order valence-electron chi connectivity index (χ1n) is 4.69. The van der Waals surface area contributed by atoms with Crippen LogP contribution in [-0.2, 0) is 0 Å². The highest BCUT2D eigenvalue weighted by molar-refractivity contribution is 4.91. The van der Waals surface area contributed by atoms with E-state index in [-0.39, 0.29) is 0 Å². The van der Waals surface area contributed by atoms with Crippen LogP contribution in [0, 0.1) is 29.1 Å². The van der Waals surface area contributed by atoms with Gasteiger partial charge in [-0.3, -0.25) is 0 Å². The van der Waals surface area contributed by atoms with Gasteiger partial charge in [-0.25, -0.2) is 0 Å². The highest BCUT2D eigenvalue weighted by Gasteiger charge is 2.28. The van der Waals surface area contributed by atoms with Gasteiger partial charge in [-0.2, -0.15) is 5.26 Å². The monoisotopic (exact) mass is 151 g/mol. The molecular formula is C10H17N. The van der Waals surface area contributed by atoms with Gasteiger partial charge < -0.3 is 0 Å². The molecule has 1 nitrogen and oxygen atoms in total. The molecule has 0 N–H and O–H groups in total. The molecule has 0 heterocycles. The van der Waals surface area contributed by atoms with E-state index in [0.717, 1.165) is 12.3 Å². The highest BCUT2D eigenvalue weighted by Crippen LogP contribution is 2.35. The molecule has 0 aromatic rings. The Hall–Kier alpha value is -0.510. The lowest BCUT2D eigenvalue weighted by Crippen LogP contribution is -2.24. The Labute approximate surface area is 69.4 Å². The number of hydrogen-bond acceptors (Lipinski definition) is 1. The number of hydrogen-bond donors (Lipinski definition) is 0. The normalized spacial score (nSPS) is 38.1. The molecule has 1 fully saturated rings. The van der Waals surface area contributed by atoms with Crippen LogP contribution >= 0.6 is 0 Å². The van der Waals surface area contributed by atoms with Crippen LogP contribution in [0.2, 0.25) is 0 Å². The quantitative estimate of drug-likeness (QED) is 0.565. The van der Waals surface area contributed by atoms with Gasteiger partial charge in [0.2, 0.25) is 0 Å². The highest BCUT2D eigenvalue weighted by atomic mass is 14.4. The molecule has 11 heavy (non-hydrogen) atoms. The van der Waals surface area contributed by atoms with E-state index in [1.807, 2.05) is 0 Å². The van der Waals surface area contributed by atoms with Gasteiger partial charge in [-0.15, -0.1) is 0 Å². The fourth-order valence-corrected chi connectivity index (χ4v) is 2.21. The van der Waals surface area contributed by atoms with E-state index in [1.165, 1.54) is 19.3 Å². The zero-order valence-corrected chi connectivity index (χ0v) is 7.51. The van der Waals surface area contributed by atoms with E-state index in [4.69, 9.17) is 5.26 Å². The lowest BCUT2D eigenvalue weighted by atomic mass is 9.73. The minimum absolute atomic E-state index is 0.341. The molecule has 1 aliphatic carbocycles. The van der Waals surface area contributed by atoms with Crippen molar-refractivity contribution in [2.24, 2.45) is 17.8 Å². The Morgan fingerprint density at radius 3 is 2.73 bits per heavy atom. The van der Waals surface area contributed by atoms with E-state index in [1.54, 1.807) is 0 Å². The molecule has 0 aliphatic heterocycles. The van der Waals surface area contributed by atoms with E-state index in [9.17, 15) is 0 Å². The summed E-state index contributed by atoms with van der Waals surface area (Å²) in [7, 11) is 0. The maximum atomic E-state index is 8.82. The fraction of sp³-hybridized carbons (Fsp3) is 0.900. The summed E-state index contributed by atoms with van der Waals surface area (Å²) in [5.74, 6) is 1.79. The predicted molar refractivity (Wildman–Crippen MR) is 45.9 cm³/mol. The summed E-state index contributed by atoms with van der Waals surface area (Å²) >= 11 is 0. The number of nitrogens with zero attached hydrogens (tertiary/aromatic N) is 1. The molecule has 0 bridgehead atoms. The van der Waals surface area contributed by atoms with Crippen molar-refractivity contribution >= 4 is 0 Å². The van der Waals surface area contributed by atoms with Crippen LogP contribution in [-0.4, -0.2) is 0 Å². The second-order valence-electron chi connectivity index (χ2n) is 3.69. The molecule has 62 valence electrons. The Balaban J connectivity index is 2.53. The van der Waals surface area contributed by atoms with Gasteiger partial charge in [0.15, 0.2) is 0 Å². The molecule has 1 saturated carbocycles. The van der Waals surface area contributed by atoms with Gasteiger partial charge in [0.25, 0.3) is 0 Å². The molecule has 0 spiro atoms. The van der Waals surface area contributed by atoms with Crippen LogP contribution < -0.4 is 0 Å². The molecule has 3 unspecified atom stereocenters. The molecule has 1 rings (SSSR count). The predicted octanol–water partition coefficient (Wildman–Crippen LogP) is 2.97. The van der Waals surface area contributed by atoms with Gasteiger partial charge >= 0.3 is 0 Å². The Morgan fingerprint density at radius 2 is 2.18 bits per heavy atom. The van der Waals surface area contributed by atoms with Crippen molar-refractivity contribution in [2.45, 2.75) is 39.5 Å². The lowest BCUT2D eigenvalue weighted by molar-refractivity contribution is 0.202. The molecule has 1 heteroatoms. The second kappa shape index (κ2) is 3.76. The van der Waals surface area contributed by atoms with Crippen LogP contribution in [0.1, 0.15) is 39.5 Å². The van der Waals surface area contributed by atoms with Crippen molar-refractivity contribution in [3.63, 3.8) is 0 Å². The van der Waals surface area contributed by atoms with Crippen molar-refractivity contribution in [1.29, 1.82) is 5.26 Å². The Morgan fingerprint density at radius 1 is 1.45 bits per heavy atom. The molecule has 0 aromatic carbocycles. The standard InChI is InChI=1S/C10H17N/c1-3-9-5-4-6-10(7-11)8(9)2/h8-10H,3-6H2,1-2H3. The summed E-state index contributed by atoms with van der Waals surface area (Å²) in [5, 5.41) is 8.82. The molecule has 0 saturated heterocycles. The SMILES string of the molecule is CCC1CCCC(C#N)C1C. The van der Waals surface area contributed by atoms with Gasteiger partial charge in [-0.05, 0) is 18.3 Å². The Kier molecular flexibility index (Phi) is 2.93. The van der Waals surface area contributed by atoms with E-state index in [0.29, 0.717) is 11.8 Å². The van der Waals surface area contributed by atoms with Crippen molar-refractivity contribution in [3.8, 4) is 6.07 Å². The van der Waals surface area contributed by atoms with E-state index < -0.39 is 0 Å². The number of rotatable bonds is 1. The maximum Gasteiger partial charge on any atom is 0.0658 e. The third-order valence-corrected chi connectivity index (χ3v) is 3.16. The van der Waals surface area contributed by atoms with Gasteiger partial charge in [0.1, 0.15) is 0 Å². The first-order valence-corrected chi connectivity index (χ1v) is 4.69. The van der Waals surface area contributed by atoms with Crippen LogP contribution in [0.25, 0.3) is 0 Å². The summed E-state index contributed by atoms with van der Waals surface area (Å²) in [6, 6.07) is 2.42. The van der Waals surface area contributed by atoms with Crippen molar-refractivity contribution < 1.29 is 0 Å². The first-order chi connectivity index (χ1) is 5.29. The van der Waals surface area contributed by atoms with E-state index >= 15 is 0 Å². The topological polar surface area (TPSA) is 23.8 Å². The molecule has 0 amide bonds. The molecular weight excluding hydrogens is 134 g/mol. The molecule has 0 radical (unpaired) electrons. The van der Waals surface area contributed by atoms with Crippen LogP contribution in [0.15, 0.2) is 0 Å². The molecule has 0 aromatic heterocycles. The van der Waals surface area contributed by atoms with Crippen molar-refractivity contribution in [2.75, 3.05) is 0 Å². The van der Waals surface area contributed by atoms with Crippen molar-refractivity contribution in [1.82, 2.24) is 0 Å². The minimum Gasteiger partial charge on any atom is -0.198 e. The molecule has 3 atom stereocenters. The average Bonchev–Trinajstić information content (AvgIpc) is 2.05. The van der Waals surface area contributed by atoms with Crippen molar-refractivity contribution in [3.05, 3.63) is 0 Å². The third-order valence-electron chi connectivity index (χ3n) is 3.16. The van der Waals surface area contributed by atoms with Crippen LogP contribution in [0.4, 0.5) is 0 Å². The lowest BCUT2D eigenvalue weighted by Gasteiger charge is -2.31. The largest absolute Gasteiger partial charge is 0.198 e. The summed E-state index contributed by atoms with van der Waals surface area (Å²) in [4.78, 5) is 0. The summed E-state index contributed by atoms with van der Waals surface area (Å²) in [5.41, 5.74) is 0. The minimum atomic E-state index is 0.341. The second-order valence-corrected chi connectivity index (χ2v) is 3.69. The maximum absolute atomic E-state index is 8.82. The number of nitriles is 1. The average molecular weight is 151 g/mol. The van der Waals surface area contributed by atoms with Crippen LogP contribution in [0.5, 0.6) is 0 Å².